The van der Waals surface area contributed by atoms with Crippen molar-refractivity contribution in [3.05, 3.63) is 35.8 Å². The molecule has 3 atom stereocenters. The second kappa shape index (κ2) is 6.61. The number of ketones is 1. The summed E-state index contributed by atoms with van der Waals surface area (Å²) in [5.74, 6) is 2.19. The number of carbonyl (C=O) groups excluding carboxylic acids is 1. The predicted octanol–water partition coefficient (Wildman–Crippen LogP) is 2.43. The molecular formula is C19H22N4O4. The summed E-state index contributed by atoms with van der Waals surface area (Å²) in [6, 6.07) is 3.39. The molecule has 8 heteroatoms. The molecule has 1 N–H and O–H groups in total. The second-order valence-corrected chi connectivity index (χ2v) is 6.80. The summed E-state index contributed by atoms with van der Waals surface area (Å²) in [4.78, 5) is 17.3. The molecule has 0 unspecified atom stereocenters. The Morgan fingerprint density at radius 1 is 1.15 bits per heavy atom. The second-order valence-electron chi connectivity index (χ2n) is 6.80. The number of hydrogen-bond donors (Lipinski definition) is 1. The highest BCUT2D eigenvalue weighted by Crippen LogP contribution is 2.46. The van der Waals surface area contributed by atoms with Gasteiger partial charge in [-0.05, 0) is 23.6 Å². The maximum absolute atomic E-state index is 13.0. The van der Waals surface area contributed by atoms with E-state index in [-0.39, 0.29) is 23.7 Å². The molecule has 0 fully saturated rings. The summed E-state index contributed by atoms with van der Waals surface area (Å²) in [7, 11) is 4.71. The molecule has 2 heterocycles. The van der Waals surface area contributed by atoms with Crippen molar-refractivity contribution in [1.82, 2.24) is 14.8 Å². The van der Waals surface area contributed by atoms with E-state index in [0.29, 0.717) is 29.6 Å². The highest BCUT2D eigenvalue weighted by atomic mass is 16.5. The van der Waals surface area contributed by atoms with E-state index in [4.69, 9.17) is 14.2 Å². The van der Waals surface area contributed by atoms with Gasteiger partial charge in [0.15, 0.2) is 11.5 Å². The van der Waals surface area contributed by atoms with E-state index in [2.05, 4.69) is 21.5 Å². The molecule has 142 valence electrons. The van der Waals surface area contributed by atoms with Crippen LogP contribution in [0.25, 0.3) is 0 Å². The van der Waals surface area contributed by atoms with Crippen LogP contribution in [0.1, 0.15) is 24.9 Å². The number of allylic oxidation sites excluding steroid dienone is 2. The van der Waals surface area contributed by atoms with Gasteiger partial charge in [0.25, 0.3) is 0 Å². The first-order valence-electron chi connectivity index (χ1n) is 8.78. The number of aromatic nitrogens is 3. The predicted molar refractivity (Wildman–Crippen MR) is 98.2 cm³/mol. The van der Waals surface area contributed by atoms with Crippen molar-refractivity contribution >= 4 is 11.7 Å². The third kappa shape index (κ3) is 2.72. The number of rotatable bonds is 4. The van der Waals surface area contributed by atoms with Crippen LogP contribution in [-0.2, 0) is 4.79 Å². The SMILES string of the molecule is COc1cc([C@@H]2[C@H]3C(=O)C[C@@H](C)C=C3Nc3ncnn32)cc(OC)c1OC. The van der Waals surface area contributed by atoms with Crippen molar-refractivity contribution in [2.24, 2.45) is 11.8 Å². The molecule has 2 aromatic rings. The lowest BCUT2D eigenvalue weighted by atomic mass is 9.78. The topological polar surface area (TPSA) is 87.5 Å². The van der Waals surface area contributed by atoms with Gasteiger partial charge in [0.05, 0.1) is 33.3 Å². The van der Waals surface area contributed by atoms with Gasteiger partial charge in [-0.3, -0.25) is 4.79 Å². The first kappa shape index (κ1) is 17.4. The zero-order valence-electron chi connectivity index (χ0n) is 15.7. The molecule has 0 amide bonds. The molecule has 1 aliphatic carbocycles. The number of methoxy groups -OCH3 is 3. The zero-order chi connectivity index (χ0) is 19.1. The molecule has 0 saturated carbocycles. The van der Waals surface area contributed by atoms with E-state index >= 15 is 0 Å². The monoisotopic (exact) mass is 370 g/mol. The first-order valence-corrected chi connectivity index (χ1v) is 8.78. The van der Waals surface area contributed by atoms with Gasteiger partial charge >= 0.3 is 0 Å². The average molecular weight is 370 g/mol. The molecule has 1 aromatic heterocycles. The maximum atomic E-state index is 13.0. The molecule has 0 radical (unpaired) electrons. The largest absolute Gasteiger partial charge is 0.493 e. The number of fused-ring (bicyclic) bond motifs is 2. The van der Waals surface area contributed by atoms with Crippen molar-refractivity contribution in [2.45, 2.75) is 19.4 Å². The fraction of sp³-hybridized carbons (Fsp3) is 0.421. The summed E-state index contributed by atoms with van der Waals surface area (Å²) in [5.41, 5.74) is 1.72. The Morgan fingerprint density at radius 3 is 2.48 bits per heavy atom. The van der Waals surface area contributed by atoms with Crippen LogP contribution in [0.5, 0.6) is 17.2 Å². The van der Waals surface area contributed by atoms with Crippen molar-refractivity contribution in [3.63, 3.8) is 0 Å². The lowest BCUT2D eigenvalue weighted by molar-refractivity contribution is -0.123. The van der Waals surface area contributed by atoms with Gasteiger partial charge in [-0.2, -0.15) is 10.1 Å². The lowest BCUT2D eigenvalue weighted by Gasteiger charge is -2.37. The fourth-order valence-electron chi connectivity index (χ4n) is 3.97. The number of nitrogens with one attached hydrogen (secondary N) is 1. The van der Waals surface area contributed by atoms with Crippen molar-refractivity contribution in [3.8, 4) is 17.2 Å². The van der Waals surface area contributed by atoms with Crippen LogP contribution in [0.4, 0.5) is 5.95 Å². The van der Waals surface area contributed by atoms with Crippen LogP contribution in [0.2, 0.25) is 0 Å². The molecule has 0 spiro atoms. The van der Waals surface area contributed by atoms with Crippen LogP contribution >= 0.6 is 0 Å². The summed E-state index contributed by atoms with van der Waals surface area (Å²) in [6.07, 6.45) is 4.09. The number of benzene rings is 1. The fourth-order valence-corrected chi connectivity index (χ4v) is 3.97. The van der Waals surface area contributed by atoms with Gasteiger partial charge < -0.3 is 19.5 Å². The number of anilines is 1. The van der Waals surface area contributed by atoms with Gasteiger partial charge in [-0.25, -0.2) is 4.68 Å². The Hall–Kier alpha value is -3.03. The van der Waals surface area contributed by atoms with Crippen LogP contribution < -0.4 is 19.5 Å². The Bertz CT molecular complexity index is 895. The van der Waals surface area contributed by atoms with Crippen molar-refractivity contribution in [2.75, 3.05) is 26.6 Å². The number of hydrogen-bond acceptors (Lipinski definition) is 7. The summed E-state index contributed by atoms with van der Waals surface area (Å²) >= 11 is 0. The number of ether oxygens (including phenoxy) is 3. The minimum Gasteiger partial charge on any atom is -0.493 e. The number of nitrogens with zero attached hydrogens (tertiary/aromatic N) is 3. The van der Waals surface area contributed by atoms with Gasteiger partial charge in [-0.1, -0.05) is 13.0 Å². The molecule has 2 aliphatic rings. The Balaban J connectivity index is 1.92. The van der Waals surface area contributed by atoms with Gasteiger partial charge in [0.1, 0.15) is 12.1 Å². The minimum absolute atomic E-state index is 0.174. The Morgan fingerprint density at radius 2 is 1.85 bits per heavy atom. The highest BCUT2D eigenvalue weighted by molar-refractivity contribution is 5.88. The van der Waals surface area contributed by atoms with E-state index in [1.54, 1.807) is 26.0 Å². The minimum atomic E-state index is -0.363. The zero-order valence-corrected chi connectivity index (χ0v) is 15.7. The van der Waals surface area contributed by atoms with Crippen molar-refractivity contribution in [1.29, 1.82) is 0 Å². The standard InChI is InChI=1S/C19H22N4O4/c1-10-5-12-16(13(24)6-10)17(23-19(22-12)20-9-21-23)11-7-14(25-2)18(27-4)15(8-11)26-3/h5,7-10,16-17H,6H2,1-4H3,(H,20,21,22)/t10-,16+,17+/m0/s1. The van der Waals surface area contributed by atoms with E-state index in [1.807, 2.05) is 19.1 Å². The van der Waals surface area contributed by atoms with Gasteiger partial charge in [0.2, 0.25) is 11.7 Å². The molecule has 1 aliphatic heterocycles. The molecule has 8 nitrogen and oxygen atoms in total. The molecule has 27 heavy (non-hydrogen) atoms. The third-order valence-electron chi connectivity index (χ3n) is 5.11. The average Bonchev–Trinajstić information content (AvgIpc) is 3.12. The van der Waals surface area contributed by atoms with E-state index in [9.17, 15) is 4.79 Å². The van der Waals surface area contributed by atoms with E-state index < -0.39 is 0 Å². The highest BCUT2D eigenvalue weighted by Gasteiger charge is 2.42. The maximum Gasteiger partial charge on any atom is 0.226 e. The van der Waals surface area contributed by atoms with Crippen LogP contribution in [-0.4, -0.2) is 41.9 Å². The Labute approximate surface area is 157 Å². The first-order chi connectivity index (χ1) is 13.1. The Kier molecular flexibility index (Phi) is 4.25. The van der Waals surface area contributed by atoms with Crippen LogP contribution in [0.3, 0.4) is 0 Å². The molecular weight excluding hydrogens is 348 g/mol. The van der Waals surface area contributed by atoms with Crippen LogP contribution in [0.15, 0.2) is 30.2 Å². The molecule has 4 rings (SSSR count). The van der Waals surface area contributed by atoms with Crippen molar-refractivity contribution < 1.29 is 19.0 Å². The van der Waals surface area contributed by atoms with E-state index in [1.165, 1.54) is 6.33 Å². The molecule has 0 bridgehead atoms. The molecule has 0 saturated heterocycles. The number of Topliss-reactive ketones (excluding diaryl/α,β-unsaturated/α-hetero) is 1. The van der Waals surface area contributed by atoms with Gasteiger partial charge in [-0.15, -0.1) is 0 Å². The lowest BCUT2D eigenvalue weighted by Crippen LogP contribution is -2.40. The third-order valence-corrected chi connectivity index (χ3v) is 5.11. The quantitative estimate of drug-likeness (QED) is 0.884. The molecule has 1 aromatic carbocycles. The van der Waals surface area contributed by atoms with Gasteiger partial charge in [0, 0.05) is 12.1 Å². The smallest absolute Gasteiger partial charge is 0.226 e. The van der Waals surface area contributed by atoms with Crippen LogP contribution in [0, 0.1) is 11.8 Å². The van der Waals surface area contributed by atoms with E-state index in [0.717, 1.165) is 11.3 Å². The number of carbonyl (C=O) groups is 1. The summed E-state index contributed by atoms with van der Waals surface area (Å²) in [6.45, 7) is 2.04. The normalized spacial score (nSPS) is 23.6. The summed E-state index contributed by atoms with van der Waals surface area (Å²) < 4.78 is 18.2. The summed E-state index contributed by atoms with van der Waals surface area (Å²) in [5, 5.41) is 7.63.